The van der Waals surface area contributed by atoms with Crippen molar-refractivity contribution in [1.29, 1.82) is 0 Å². The third-order valence-corrected chi connectivity index (χ3v) is 5.31. The Bertz CT molecular complexity index is 925. The molecular formula is C17H17N3O3S2. The van der Waals surface area contributed by atoms with Crippen LogP contribution in [0.3, 0.4) is 0 Å². The van der Waals surface area contributed by atoms with Gasteiger partial charge in [0.1, 0.15) is 5.75 Å². The number of hydrogen-bond donors (Lipinski definition) is 1. The van der Waals surface area contributed by atoms with E-state index in [2.05, 4.69) is 10.3 Å². The summed E-state index contributed by atoms with van der Waals surface area (Å²) in [6.45, 7) is 2.23. The monoisotopic (exact) mass is 375 g/mol. The Hall–Kier alpha value is -2.45. The zero-order chi connectivity index (χ0) is 17.8. The quantitative estimate of drug-likeness (QED) is 0.717. The van der Waals surface area contributed by atoms with Crippen LogP contribution in [0.1, 0.15) is 12.1 Å². The highest BCUT2D eigenvalue weighted by Gasteiger charge is 2.10. The van der Waals surface area contributed by atoms with Crippen LogP contribution in [0.4, 0.5) is 5.13 Å². The van der Waals surface area contributed by atoms with Crippen LogP contribution in [0, 0.1) is 6.92 Å². The van der Waals surface area contributed by atoms with Gasteiger partial charge in [-0.25, -0.2) is 4.98 Å². The Morgan fingerprint density at radius 2 is 2.00 bits per heavy atom. The molecule has 3 aromatic rings. The summed E-state index contributed by atoms with van der Waals surface area (Å²) < 4.78 is 6.74. The molecule has 0 aliphatic heterocycles. The predicted molar refractivity (Wildman–Crippen MR) is 101 cm³/mol. The normalized spacial score (nSPS) is 10.6. The minimum Gasteiger partial charge on any atom is -0.497 e. The molecule has 0 spiro atoms. The van der Waals surface area contributed by atoms with Gasteiger partial charge in [-0.05, 0) is 31.2 Å². The number of methoxy groups -OCH3 is 1. The topological polar surface area (TPSA) is 73.2 Å². The molecule has 1 amide bonds. The van der Waals surface area contributed by atoms with Crippen LogP contribution in [0.2, 0.25) is 0 Å². The summed E-state index contributed by atoms with van der Waals surface area (Å²) in [6, 6.07) is 7.58. The van der Waals surface area contributed by atoms with Gasteiger partial charge >= 0.3 is 4.87 Å². The van der Waals surface area contributed by atoms with Gasteiger partial charge in [0.2, 0.25) is 5.91 Å². The molecule has 25 heavy (non-hydrogen) atoms. The van der Waals surface area contributed by atoms with Crippen LogP contribution < -0.4 is 14.9 Å². The first-order valence-electron chi connectivity index (χ1n) is 7.61. The van der Waals surface area contributed by atoms with Crippen molar-refractivity contribution in [1.82, 2.24) is 9.55 Å². The van der Waals surface area contributed by atoms with E-state index in [1.165, 1.54) is 11.3 Å². The third-order valence-electron chi connectivity index (χ3n) is 3.68. The molecule has 1 aromatic carbocycles. The Kier molecular flexibility index (Phi) is 5.30. The Balaban J connectivity index is 1.60. The second-order valence-corrected chi connectivity index (χ2v) is 7.04. The van der Waals surface area contributed by atoms with Crippen LogP contribution in [-0.2, 0) is 11.3 Å². The van der Waals surface area contributed by atoms with Gasteiger partial charge in [-0.3, -0.25) is 9.59 Å². The number of aryl methyl sites for hydroxylation is 1. The van der Waals surface area contributed by atoms with Gasteiger partial charge in [-0.1, -0.05) is 11.3 Å². The van der Waals surface area contributed by atoms with Gasteiger partial charge in [0.15, 0.2) is 5.13 Å². The zero-order valence-electron chi connectivity index (χ0n) is 13.8. The van der Waals surface area contributed by atoms with E-state index in [0.29, 0.717) is 11.7 Å². The minimum atomic E-state index is -0.159. The fourth-order valence-corrected chi connectivity index (χ4v) is 3.79. The number of nitrogens with zero attached hydrogens (tertiary/aromatic N) is 2. The van der Waals surface area contributed by atoms with Crippen molar-refractivity contribution < 1.29 is 9.53 Å². The fourth-order valence-electron chi connectivity index (χ4n) is 2.30. The first kappa shape index (κ1) is 17.4. The van der Waals surface area contributed by atoms with Crippen LogP contribution in [0.15, 0.2) is 39.8 Å². The maximum atomic E-state index is 12.1. The number of hydrogen-bond acceptors (Lipinski definition) is 6. The van der Waals surface area contributed by atoms with Crippen molar-refractivity contribution in [2.75, 3.05) is 12.4 Å². The number of amides is 1. The number of carbonyl (C=O) groups is 1. The molecule has 0 radical (unpaired) electrons. The van der Waals surface area contributed by atoms with Gasteiger partial charge in [0, 0.05) is 35.0 Å². The van der Waals surface area contributed by atoms with Crippen molar-refractivity contribution in [3.8, 4) is 17.0 Å². The molecular weight excluding hydrogens is 358 g/mol. The Morgan fingerprint density at radius 1 is 1.24 bits per heavy atom. The summed E-state index contributed by atoms with van der Waals surface area (Å²) in [4.78, 5) is 28.1. The Morgan fingerprint density at radius 3 is 2.64 bits per heavy atom. The van der Waals surface area contributed by atoms with Gasteiger partial charge in [-0.15, -0.1) is 11.3 Å². The van der Waals surface area contributed by atoms with Crippen LogP contribution in [0.5, 0.6) is 5.75 Å². The number of carbonyl (C=O) groups excluding carboxylic acids is 1. The molecule has 0 aliphatic rings. The molecule has 0 aliphatic carbocycles. The summed E-state index contributed by atoms with van der Waals surface area (Å²) >= 11 is 2.52. The van der Waals surface area contributed by atoms with E-state index >= 15 is 0 Å². The maximum absolute atomic E-state index is 12.1. The number of thiazole rings is 2. The molecule has 0 saturated carbocycles. The highest BCUT2D eigenvalue weighted by Crippen LogP contribution is 2.26. The molecule has 2 heterocycles. The molecule has 0 bridgehead atoms. The number of anilines is 1. The highest BCUT2D eigenvalue weighted by atomic mass is 32.1. The standard InChI is InChI=1S/C17H17N3O3S2/c1-11-9-25-17(22)20(11)8-7-15(21)19-16-18-14(10-24-16)12-3-5-13(23-2)6-4-12/h3-6,9-10H,7-8H2,1-2H3,(H,18,19,21). The van der Waals surface area contributed by atoms with Gasteiger partial charge < -0.3 is 14.6 Å². The average Bonchev–Trinajstić information content (AvgIpc) is 3.20. The van der Waals surface area contributed by atoms with E-state index in [4.69, 9.17) is 4.74 Å². The molecule has 0 atom stereocenters. The van der Waals surface area contributed by atoms with Crippen LogP contribution >= 0.6 is 22.7 Å². The summed E-state index contributed by atoms with van der Waals surface area (Å²) in [6.07, 6.45) is 0.231. The minimum absolute atomic E-state index is 0.0404. The SMILES string of the molecule is COc1ccc(-c2csc(NC(=O)CCn3c(C)csc3=O)n2)cc1. The van der Waals surface area contributed by atoms with E-state index in [1.54, 1.807) is 17.1 Å². The Labute approximate surface area is 152 Å². The molecule has 0 unspecified atom stereocenters. The molecule has 130 valence electrons. The lowest BCUT2D eigenvalue weighted by Gasteiger charge is -2.04. The first-order chi connectivity index (χ1) is 12.1. The highest BCUT2D eigenvalue weighted by molar-refractivity contribution is 7.14. The smallest absolute Gasteiger partial charge is 0.307 e. The molecule has 6 nitrogen and oxygen atoms in total. The summed E-state index contributed by atoms with van der Waals surface area (Å²) in [5.74, 6) is 0.625. The van der Waals surface area contributed by atoms with Crippen molar-refractivity contribution >= 4 is 33.7 Å². The predicted octanol–water partition coefficient (Wildman–Crippen LogP) is 3.38. The lowest BCUT2D eigenvalue weighted by Crippen LogP contribution is -2.20. The summed E-state index contributed by atoms with van der Waals surface area (Å²) in [5.41, 5.74) is 2.63. The molecule has 2 aromatic heterocycles. The molecule has 3 rings (SSSR count). The van der Waals surface area contributed by atoms with Crippen LogP contribution in [0.25, 0.3) is 11.3 Å². The van der Waals surface area contributed by atoms with E-state index < -0.39 is 0 Å². The lowest BCUT2D eigenvalue weighted by molar-refractivity contribution is -0.116. The van der Waals surface area contributed by atoms with Gasteiger partial charge in [0.25, 0.3) is 0 Å². The number of aromatic nitrogens is 2. The zero-order valence-corrected chi connectivity index (χ0v) is 15.4. The molecule has 0 saturated heterocycles. The van der Waals surface area contributed by atoms with Gasteiger partial charge in [0.05, 0.1) is 12.8 Å². The molecule has 8 heteroatoms. The third kappa shape index (κ3) is 4.15. The van der Waals surface area contributed by atoms with Crippen molar-refractivity contribution in [2.45, 2.75) is 19.9 Å². The average molecular weight is 375 g/mol. The van der Waals surface area contributed by atoms with E-state index in [9.17, 15) is 9.59 Å². The largest absolute Gasteiger partial charge is 0.497 e. The fraction of sp³-hybridized carbons (Fsp3) is 0.235. The van der Waals surface area contributed by atoms with Crippen molar-refractivity contribution in [3.05, 3.63) is 50.4 Å². The molecule has 1 N–H and O–H groups in total. The van der Waals surface area contributed by atoms with Crippen molar-refractivity contribution in [2.24, 2.45) is 0 Å². The lowest BCUT2D eigenvalue weighted by atomic mass is 10.2. The van der Waals surface area contributed by atoms with E-state index in [1.807, 2.05) is 36.6 Å². The summed E-state index contributed by atoms with van der Waals surface area (Å²) in [5, 5.41) is 7.02. The summed E-state index contributed by atoms with van der Waals surface area (Å²) in [7, 11) is 1.62. The van der Waals surface area contributed by atoms with E-state index in [0.717, 1.165) is 34.0 Å². The second-order valence-electron chi connectivity index (χ2n) is 5.36. The van der Waals surface area contributed by atoms with E-state index in [-0.39, 0.29) is 17.2 Å². The van der Waals surface area contributed by atoms with Crippen LogP contribution in [-0.4, -0.2) is 22.6 Å². The number of rotatable bonds is 6. The number of benzene rings is 1. The maximum Gasteiger partial charge on any atom is 0.307 e. The van der Waals surface area contributed by atoms with Crippen molar-refractivity contribution in [3.63, 3.8) is 0 Å². The van der Waals surface area contributed by atoms with Gasteiger partial charge in [-0.2, -0.15) is 0 Å². The number of ether oxygens (including phenoxy) is 1. The second kappa shape index (κ2) is 7.62. The molecule has 0 fully saturated rings. The number of nitrogens with one attached hydrogen (secondary N) is 1. The first-order valence-corrected chi connectivity index (χ1v) is 9.37.